The number of hydrogen-bond donors (Lipinski definition) is 2. The van der Waals surface area contributed by atoms with E-state index in [9.17, 15) is 10.2 Å². The zero-order valence-corrected chi connectivity index (χ0v) is 11.2. The van der Waals surface area contributed by atoms with Gasteiger partial charge in [0.05, 0.1) is 12.7 Å². The number of furan rings is 1. The minimum Gasteiger partial charge on any atom is -0.508 e. The molecule has 4 rings (SSSR count). The van der Waals surface area contributed by atoms with Gasteiger partial charge in [0.1, 0.15) is 29.4 Å². The average molecular weight is 284 g/mol. The first-order valence-corrected chi connectivity index (χ1v) is 6.46. The van der Waals surface area contributed by atoms with Crippen molar-refractivity contribution in [2.75, 3.05) is 7.11 Å². The summed E-state index contributed by atoms with van der Waals surface area (Å²) in [5.41, 5.74) is 2.28. The molecule has 0 spiro atoms. The summed E-state index contributed by atoms with van der Waals surface area (Å²) < 4.78 is 16.7. The summed E-state index contributed by atoms with van der Waals surface area (Å²) in [6, 6.07) is 8.17. The highest BCUT2D eigenvalue weighted by atomic mass is 16.5. The summed E-state index contributed by atoms with van der Waals surface area (Å²) in [5.74, 6) is 1.84. The molecule has 2 N–H and O–H groups in total. The van der Waals surface area contributed by atoms with Crippen LogP contribution in [0.15, 0.2) is 34.7 Å². The molecule has 0 atom stereocenters. The van der Waals surface area contributed by atoms with Crippen molar-refractivity contribution in [2.24, 2.45) is 0 Å². The Hall–Kier alpha value is -2.82. The Morgan fingerprint density at radius 3 is 2.81 bits per heavy atom. The quantitative estimate of drug-likeness (QED) is 0.716. The van der Waals surface area contributed by atoms with Crippen LogP contribution in [0, 0.1) is 0 Å². The summed E-state index contributed by atoms with van der Waals surface area (Å²) in [6.07, 6.45) is 0. The van der Waals surface area contributed by atoms with E-state index < -0.39 is 0 Å². The molecule has 0 saturated carbocycles. The van der Waals surface area contributed by atoms with Crippen LogP contribution in [0.3, 0.4) is 0 Å². The van der Waals surface area contributed by atoms with E-state index >= 15 is 0 Å². The van der Waals surface area contributed by atoms with Gasteiger partial charge in [0.25, 0.3) is 0 Å². The van der Waals surface area contributed by atoms with Gasteiger partial charge in [0.15, 0.2) is 11.5 Å². The highest BCUT2D eigenvalue weighted by Gasteiger charge is 2.25. The van der Waals surface area contributed by atoms with Crippen LogP contribution < -0.4 is 9.47 Å². The number of aromatic hydroxyl groups is 2. The number of phenols is 2. The van der Waals surface area contributed by atoms with Crippen molar-refractivity contribution in [3.63, 3.8) is 0 Å². The SMILES string of the molecule is COc1cc2oc3c(c2cc1O)COc1cc(O)ccc1-3. The summed E-state index contributed by atoms with van der Waals surface area (Å²) in [7, 11) is 1.49. The molecular weight excluding hydrogens is 272 g/mol. The van der Waals surface area contributed by atoms with Gasteiger partial charge >= 0.3 is 0 Å². The Morgan fingerprint density at radius 1 is 1.14 bits per heavy atom. The third-order valence-electron chi connectivity index (χ3n) is 3.67. The highest BCUT2D eigenvalue weighted by molar-refractivity contribution is 5.92. The molecule has 5 nitrogen and oxygen atoms in total. The largest absolute Gasteiger partial charge is 0.508 e. The van der Waals surface area contributed by atoms with Crippen molar-refractivity contribution in [3.05, 3.63) is 35.9 Å². The first kappa shape index (κ1) is 12.0. The van der Waals surface area contributed by atoms with Gasteiger partial charge in [-0.3, -0.25) is 0 Å². The topological polar surface area (TPSA) is 72.1 Å². The van der Waals surface area contributed by atoms with Crippen molar-refractivity contribution in [3.8, 4) is 34.3 Å². The summed E-state index contributed by atoms with van der Waals surface area (Å²) in [6.45, 7) is 0.324. The number of phenolic OH excluding ortho intramolecular Hbond substituents is 2. The number of rotatable bonds is 1. The van der Waals surface area contributed by atoms with Gasteiger partial charge in [-0.25, -0.2) is 0 Å². The normalized spacial score (nSPS) is 12.6. The third kappa shape index (κ3) is 1.64. The van der Waals surface area contributed by atoms with E-state index in [1.165, 1.54) is 7.11 Å². The van der Waals surface area contributed by atoms with Crippen molar-refractivity contribution in [1.82, 2.24) is 0 Å². The van der Waals surface area contributed by atoms with E-state index in [-0.39, 0.29) is 11.5 Å². The maximum atomic E-state index is 9.92. The molecule has 0 saturated heterocycles. The van der Waals surface area contributed by atoms with Crippen LogP contribution in [0.2, 0.25) is 0 Å². The lowest BCUT2D eigenvalue weighted by atomic mass is 10.0. The molecule has 0 fully saturated rings. The van der Waals surface area contributed by atoms with E-state index in [0.717, 1.165) is 16.5 Å². The first-order chi connectivity index (χ1) is 10.2. The smallest absolute Gasteiger partial charge is 0.164 e. The van der Waals surface area contributed by atoms with Crippen LogP contribution in [-0.2, 0) is 6.61 Å². The molecule has 1 aliphatic heterocycles. The van der Waals surface area contributed by atoms with E-state index in [4.69, 9.17) is 13.9 Å². The molecule has 0 aliphatic carbocycles. The van der Waals surface area contributed by atoms with E-state index in [1.54, 1.807) is 30.3 Å². The zero-order valence-electron chi connectivity index (χ0n) is 11.2. The molecule has 0 radical (unpaired) electrons. The van der Waals surface area contributed by atoms with Crippen LogP contribution in [-0.4, -0.2) is 17.3 Å². The minimum atomic E-state index is 0.0603. The molecule has 1 aromatic heterocycles. The Kier molecular flexibility index (Phi) is 2.33. The van der Waals surface area contributed by atoms with Crippen molar-refractivity contribution in [1.29, 1.82) is 0 Å². The Morgan fingerprint density at radius 2 is 2.00 bits per heavy atom. The Bertz CT molecular complexity index is 863. The molecule has 2 aromatic carbocycles. The lowest BCUT2D eigenvalue weighted by Crippen LogP contribution is -2.03. The predicted octanol–water partition coefficient (Wildman–Crippen LogP) is 3.41. The van der Waals surface area contributed by atoms with Gasteiger partial charge in [-0.1, -0.05) is 0 Å². The van der Waals surface area contributed by atoms with Crippen molar-refractivity contribution in [2.45, 2.75) is 6.61 Å². The van der Waals surface area contributed by atoms with Gasteiger partial charge in [-0.05, 0) is 18.2 Å². The maximum absolute atomic E-state index is 9.92. The van der Waals surface area contributed by atoms with Gasteiger partial charge in [0, 0.05) is 23.1 Å². The zero-order chi connectivity index (χ0) is 14.6. The molecular formula is C16H12O5. The Labute approximate surface area is 120 Å². The number of ether oxygens (including phenoxy) is 2. The number of benzene rings is 2. The van der Waals surface area contributed by atoms with Gasteiger partial charge < -0.3 is 24.1 Å². The third-order valence-corrected chi connectivity index (χ3v) is 3.67. The Balaban J connectivity index is 2.00. The van der Waals surface area contributed by atoms with Crippen LogP contribution in [0.25, 0.3) is 22.3 Å². The van der Waals surface area contributed by atoms with Gasteiger partial charge in [0.2, 0.25) is 0 Å². The van der Waals surface area contributed by atoms with Crippen molar-refractivity contribution < 1.29 is 24.1 Å². The molecule has 0 amide bonds. The molecule has 1 aliphatic rings. The second-order valence-corrected chi connectivity index (χ2v) is 4.90. The molecule has 0 bridgehead atoms. The summed E-state index contributed by atoms with van der Waals surface area (Å²) in [4.78, 5) is 0. The summed E-state index contributed by atoms with van der Waals surface area (Å²) >= 11 is 0. The van der Waals surface area contributed by atoms with E-state index in [2.05, 4.69) is 0 Å². The van der Waals surface area contributed by atoms with Gasteiger partial charge in [-0.2, -0.15) is 0 Å². The number of hydrogen-bond acceptors (Lipinski definition) is 5. The minimum absolute atomic E-state index is 0.0603. The van der Waals surface area contributed by atoms with Crippen LogP contribution in [0.4, 0.5) is 0 Å². The molecule has 2 heterocycles. The molecule has 106 valence electrons. The van der Waals surface area contributed by atoms with E-state index in [0.29, 0.717) is 29.4 Å². The maximum Gasteiger partial charge on any atom is 0.164 e. The molecule has 5 heteroatoms. The molecule has 0 unspecified atom stereocenters. The van der Waals surface area contributed by atoms with Crippen molar-refractivity contribution >= 4 is 11.0 Å². The lowest BCUT2D eigenvalue weighted by Gasteiger charge is -2.16. The fraction of sp³-hybridized carbons (Fsp3) is 0.125. The average Bonchev–Trinajstić information content (AvgIpc) is 2.83. The lowest BCUT2D eigenvalue weighted by molar-refractivity contribution is 0.298. The monoisotopic (exact) mass is 284 g/mol. The second-order valence-electron chi connectivity index (χ2n) is 4.90. The number of methoxy groups -OCH3 is 1. The molecule has 3 aromatic rings. The number of fused-ring (bicyclic) bond motifs is 5. The van der Waals surface area contributed by atoms with Crippen LogP contribution in [0.5, 0.6) is 23.0 Å². The van der Waals surface area contributed by atoms with E-state index in [1.807, 2.05) is 0 Å². The van der Waals surface area contributed by atoms with Gasteiger partial charge in [-0.15, -0.1) is 0 Å². The standard InChI is InChI=1S/C16H12O5/c1-19-15-6-14-10(5-12(15)18)11-7-20-13-4-8(17)2-3-9(13)16(11)21-14/h2-6,17-18H,7H2,1H3. The fourth-order valence-electron chi connectivity index (χ4n) is 2.66. The molecule has 21 heavy (non-hydrogen) atoms. The first-order valence-electron chi connectivity index (χ1n) is 6.46. The fourth-order valence-corrected chi connectivity index (χ4v) is 2.66. The highest BCUT2D eigenvalue weighted by Crippen LogP contribution is 2.45. The van der Waals surface area contributed by atoms with Crippen LogP contribution >= 0.6 is 0 Å². The predicted molar refractivity (Wildman–Crippen MR) is 75.9 cm³/mol. The second kappa shape index (κ2) is 4.09. The summed E-state index contributed by atoms with van der Waals surface area (Å²) in [5, 5.41) is 20.2. The van der Waals surface area contributed by atoms with Crippen LogP contribution in [0.1, 0.15) is 5.56 Å².